The zero-order valence-electron chi connectivity index (χ0n) is 54.8. The minimum Gasteiger partial charge on any atom is -0.462 e. The highest BCUT2D eigenvalue weighted by Crippen LogP contribution is 2.18. The second-order valence-electron chi connectivity index (χ2n) is 24.1. The van der Waals surface area contributed by atoms with Crippen molar-refractivity contribution in [2.24, 2.45) is 0 Å². The van der Waals surface area contributed by atoms with Gasteiger partial charge in [0.15, 0.2) is 6.10 Å². The Balaban J connectivity index is 4.09. The molecule has 0 rings (SSSR count). The molecule has 0 fully saturated rings. The van der Waals surface area contributed by atoms with Crippen LogP contribution in [-0.4, -0.2) is 37.2 Å². The smallest absolute Gasteiger partial charge is 0.306 e. The Morgan fingerprint density at radius 2 is 0.476 bits per heavy atom. The molecule has 0 saturated carbocycles. The van der Waals surface area contributed by atoms with Gasteiger partial charge >= 0.3 is 17.9 Å². The zero-order chi connectivity index (χ0) is 59.2. The maximum atomic E-state index is 12.9. The quantitative estimate of drug-likeness (QED) is 0.0261. The van der Waals surface area contributed by atoms with E-state index in [0.717, 1.165) is 96.3 Å². The fraction of sp³-hybridized carbons (Fsp3) is 0.803. The second kappa shape index (κ2) is 70.3. The number of rotatable bonds is 66. The lowest BCUT2D eigenvalue weighted by Gasteiger charge is -2.18. The summed E-state index contributed by atoms with van der Waals surface area (Å²) in [5, 5.41) is 0. The molecule has 0 aliphatic carbocycles. The topological polar surface area (TPSA) is 78.9 Å². The molecule has 0 aliphatic rings. The third-order valence-electron chi connectivity index (χ3n) is 15.9. The first-order valence-corrected chi connectivity index (χ1v) is 35.9. The van der Waals surface area contributed by atoms with E-state index in [-0.39, 0.29) is 31.1 Å². The Labute approximate surface area is 510 Å². The number of carbonyl (C=O) groups is 3. The molecule has 0 N–H and O–H groups in total. The molecule has 476 valence electrons. The Morgan fingerprint density at radius 3 is 0.768 bits per heavy atom. The van der Waals surface area contributed by atoms with Crippen molar-refractivity contribution < 1.29 is 28.6 Å². The van der Waals surface area contributed by atoms with E-state index in [9.17, 15) is 14.4 Å². The summed E-state index contributed by atoms with van der Waals surface area (Å²) in [7, 11) is 0. The van der Waals surface area contributed by atoms with Crippen LogP contribution in [0.5, 0.6) is 0 Å². The number of carbonyl (C=O) groups excluding carboxylic acids is 3. The summed E-state index contributed by atoms with van der Waals surface area (Å²) in [6, 6.07) is 0. The van der Waals surface area contributed by atoms with Crippen LogP contribution in [0.2, 0.25) is 0 Å². The molecule has 6 heteroatoms. The Kier molecular flexibility index (Phi) is 67.6. The second-order valence-corrected chi connectivity index (χ2v) is 24.1. The number of hydrogen-bond donors (Lipinski definition) is 0. The summed E-state index contributed by atoms with van der Waals surface area (Å²) in [6.45, 7) is 6.55. The lowest BCUT2D eigenvalue weighted by Crippen LogP contribution is -2.30. The molecule has 0 aromatic heterocycles. The zero-order valence-corrected chi connectivity index (χ0v) is 54.8. The van der Waals surface area contributed by atoms with Gasteiger partial charge < -0.3 is 14.2 Å². The van der Waals surface area contributed by atoms with Crippen LogP contribution in [-0.2, 0) is 28.6 Å². The van der Waals surface area contributed by atoms with Crippen LogP contribution in [0.4, 0.5) is 0 Å². The molecule has 0 aromatic rings. The lowest BCUT2D eigenvalue weighted by atomic mass is 10.0. The standard InChI is InChI=1S/C76H136O6/c1-4-7-10-13-16-19-22-25-27-29-30-31-32-33-34-35-36-37-38-39-40-41-42-43-44-45-46-47-49-51-54-57-60-63-66-69-75(78)81-72-73(71-80-74(77)68-65-62-59-56-53-50-24-21-18-15-12-9-6-3)82-76(79)70-67-64-61-58-55-52-48-28-26-23-20-17-14-11-8-5-2/h7,10,16,19,21,24-25,27-28,30-31,48,73H,4-6,8-9,11-15,17-18,20,22-23,26,29,32-47,49-72H2,1-3H3/b10-7-,19-16-,24-21-,27-25-,31-30-,48-28-. The molecule has 0 bridgehead atoms. The maximum absolute atomic E-state index is 12.9. The minimum atomic E-state index is -0.781. The largest absolute Gasteiger partial charge is 0.462 e. The molecule has 0 aromatic carbocycles. The van der Waals surface area contributed by atoms with E-state index in [1.807, 2.05) is 0 Å². The molecule has 0 aliphatic heterocycles. The van der Waals surface area contributed by atoms with Crippen molar-refractivity contribution in [1.29, 1.82) is 0 Å². The molecule has 0 spiro atoms. The van der Waals surface area contributed by atoms with Gasteiger partial charge in [0, 0.05) is 19.3 Å². The predicted molar refractivity (Wildman–Crippen MR) is 358 cm³/mol. The van der Waals surface area contributed by atoms with Crippen LogP contribution < -0.4 is 0 Å². The van der Waals surface area contributed by atoms with Crippen molar-refractivity contribution >= 4 is 17.9 Å². The normalized spacial score (nSPS) is 12.5. The number of esters is 3. The summed E-state index contributed by atoms with van der Waals surface area (Å²) in [5.41, 5.74) is 0. The first kappa shape index (κ1) is 78.8. The van der Waals surface area contributed by atoms with Crippen LogP contribution in [0.15, 0.2) is 72.9 Å². The van der Waals surface area contributed by atoms with Gasteiger partial charge in [0.2, 0.25) is 0 Å². The van der Waals surface area contributed by atoms with Crippen molar-refractivity contribution in [1.82, 2.24) is 0 Å². The van der Waals surface area contributed by atoms with E-state index in [1.165, 1.54) is 238 Å². The maximum Gasteiger partial charge on any atom is 0.306 e. The highest BCUT2D eigenvalue weighted by Gasteiger charge is 2.19. The first-order valence-electron chi connectivity index (χ1n) is 35.9. The van der Waals surface area contributed by atoms with Gasteiger partial charge in [-0.3, -0.25) is 14.4 Å². The van der Waals surface area contributed by atoms with Crippen LogP contribution in [0, 0.1) is 0 Å². The molecule has 1 atom stereocenters. The van der Waals surface area contributed by atoms with Crippen LogP contribution in [0.3, 0.4) is 0 Å². The lowest BCUT2D eigenvalue weighted by molar-refractivity contribution is -0.167. The molecule has 0 radical (unpaired) electrons. The van der Waals surface area contributed by atoms with Gasteiger partial charge in [-0.25, -0.2) is 0 Å². The molecule has 0 heterocycles. The third kappa shape index (κ3) is 67.6. The summed E-state index contributed by atoms with van der Waals surface area (Å²) in [4.78, 5) is 38.4. The fourth-order valence-electron chi connectivity index (χ4n) is 10.5. The van der Waals surface area contributed by atoms with Gasteiger partial charge in [0.25, 0.3) is 0 Å². The van der Waals surface area contributed by atoms with E-state index >= 15 is 0 Å². The van der Waals surface area contributed by atoms with Gasteiger partial charge in [-0.05, 0) is 109 Å². The fourth-order valence-corrected chi connectivity index (χ4v) is 10.5. The highest BCUT2D eigenvalue weighted by atomic mass is 16.6. The Bertz CT molecular complexity index is 1500. The average Bonchev–Trinajstić information content (AvgIpc) is 3.47. The van der Waals surface area contributed by atoms with Crippen molar-refractivity contribution in [3.8, 4) is 0 Å². The van der Waals surface area contributed by atoms with Crippen molar-refractivity contribution in [2.45, 2.75) is 380 Å². The SMILES string of the molecule is CC/C=C\C/C=C\C/C=C\C/C=C\CCCCCCCCCCCCCCCCCCCCCCCCC(=O)OCC(COC(=O)CCCCCCC/C=C\CCCCCC)OC(=O)CCCCCCC/C=C\CCCCCCCCC. The van der Waals surface area contributed by atoms with Crippen molar-refractivity contribution in [3.63, 3.8) is 0 Å². The first-order chi connectivity index (χ1) is 40.5. The van der Waals surface area contributed by atoms with Gasteiger partial charge in [0.05, 0.1) is 0 Å². The third-order valence-corrected chi connectivity index (χ3v) is 15.9. The molecule has 0 saturated heterocycles. The van der Waals surface area contributed by atoms with Crippen molar-refractivity contribution in [3.05, 3.63) is 72.9 Å². The number of unbranched alkanes of at least 4 members (excludes halogenated alkanes) is 43. The van der Waals surface area contributed by atoms with Crippen molar-refractivity contribution in [2.75, 3.05) is 13.2 Å². The molecular weight excluding hydrogens is 1010 g/mol. The van der Waals surface area contributed by atoms with Crippen LogP contribution in [0.25, 0.3) is 0 Å². The summed E-state index contributed by atoms with van der Waals surface area (Å²) < 4.78 is 16.9. The Morgan fingerprint density at radius 1 is 0.256 bits per heavy atom. The number of allylic oxidation sites excluding steroid dienone is 12. The monoisotopic (exact) mass is 1150 g/mol. The van der Waals surface area contributed by atoms with E-state index in [1.54, 1.807) is 0 Å². The number of hydrogen-bond acceptors (Lipinski definition) is 6. The molecule has 6 nitrogen and oxygen atoms in total. The van der Waals surface area contributed by atoms with E-state index in [2.05, 4.69) is 93.7 Å². The Hall–Kier alpha value is -3.15. The minimum absolute atomic E-state index is 0.0760. The summed E-state index contributed by atoms with van der Waals surface area (Å²) in [6.07, 6.45) is 92.4. The molecular formula is C76H136O6. The van der Waals surface area contributed by atoms with Crippen LogP contribution in [0.1, 0.15) is 374 Å². The molecule has 82 heavy (non-hydrogen) atoms. The van der Waals surface area contributed by atoms with E-state index in [0.29, 0.717) is 19.3 Å². The van der Waals surface area contributed by atoms with Gasteiger partial charge in [-0.15, -0.1) is 0 Å². The molecule has 1 unspecified atom stereocenters. The summed E-state index contributed by atoms with van der Waals surface area (Å²) in [5.74, 6) is -0.872. The summed E-state index contributed by atoms with van der Waals surface area (Å²) >= 11 is 0. The highest BCUT2D eigenvalue weighted by molar-refractivity contribution is 5.71. The van der Waals surface area contributed by atoms with E-state index < -0.39 is 6.10 Å². The van der Waals surface area contributed by atoms with Gasteiger partial charge in [0.1, 0.15) is 13.2 Å². The average molecular weight is 1150 g/mol. The van der Waals surface area contributed by atoms with Crippen LogP contribution >= 0.6 is 0 Å². The van der Waals surface area contributed by atoms with Gasteiger partial charge in [-0.2, -0.15) is 0 Å². The predicted octanol–water partition coefficient (Wildman–Crippen LogP) is 24.8. The van der Waals surface area contributed by atoms with E-state index in [4.69, 9.17) is 14.2 Å². The molecule has 0 amide bonds. The van der Waals surface area contributed by atoms with Gasteiger partial charge in [-0.1, -0.05) is 318 Å². The number of ether oxygens (including phenoxy) is 3.